The van der Waals surface area contributed by atoms with Gasteiger partial charge in [0.1, 0.15) is 0 Å². The molecule has 0 spiro atoms. The predicted molar refractivity (Wildman–Crippen MR) is 240 cm³/mol. The third kappa shape index (κ3) is 5.00. The molecule has 5 heteroatoms. The van der Waals surface area contributed by atoms with Crippen molar-refractivity contribution >= 4 is 65.2 Å². The van der Waals surface area contributed by atoms with Gasteiger partial charge in [-0.2, -0.15) is 0 Å². The van der Waals surface area contributed by atoms with E-state index in [1.807, 2.05) is 0 Å². The molecule has 0 aliphatic heterocycles. The van der Waals surface area contributed by atoms with E-state index < -0.39 is 0 Å². The topological polar surface area (TPSA) is 48.5 Å². The first-order valence-corrected chi connectivity index (χ1v) is 19.6. The zero-order valence-corrected chi connectivity index (χ0v) is 31.3. The maximum absolute atomic E-state index is 5.37. The molecule has 0 radical (unpaired) electrons. The zero-order chi connectivity index (χ0) is 38.2. The van der Waals surface area contributed by atoms with Gasteiger partial charge >= 0.3 is 0 Å². The molecule has 0 saturated heterocycles. The Morgan fingerprint density at radius 2 is 0.828 bits per heavy atom. The van der Waals surface area contributed by atoms with E-state index >= 15 is 0 Å². The van der Waals surface area contributed by atoms with E-state index in [0.717, 1.165) is 71.7 Å². The van der Waals surface area contributed by atoms with Gasteiger partial charge < -0.3 is 9.13 Å². The quantitative estimate of drug-likeness (QED) is 0.177. The number of nitrogens with zero attached hydrogens (tertiary/aromatic N) is 5. The lowest BCUT2D eigenvalue weighted by atomic mass is 10.0. The second kappa shape index (κ2) is 12.8. The second-order valence-electron chi connectivity index (χ2n) is 14.8. The minimum atomic E-state index is 0.616. The molecule has 0 aliphatic carbocycles. The summed E-state index contributed by atoms with van der Waals surface area (Å²) in [5.41, 5.74) is 9.52. The number of fused-ring (bicyclic) bond motifs is 8. The number of para-hydroxylation sites is 3. The molecule has 0 fully saturated rings. The Kier molecular flexibility index (Phi) is 7.16. The molecule has 3 aromatic heterocycles. The molecule has 0 saturated carbocycles. The van der Waals surface area contributed by atoms with E-state index in [1.54, 1.807) is 0 Å². The second-order valence-corrected chi connectivity index (χ2v) is 14.8. The Morgan fingerprint density at radius 3 is 1.66 bits per heavy atom. The summed E-state index contributed by atoms with van der Waals surface area (Å²) in [7, 11) is 0. The van der Waals surface area contributed by atoms with Gasteiger partial charge in [0.05, 0.1) is 22.1 Å². The average Bonchev–Trinajstić information content (AvgIpc) is 3.81. The van der Waals surface area contributed by atoms with Crippen LogP contribution in [-0.2, 0) is 0 Å². The molecule has 270 valence electrons. The number of rotatable bonds is 5. The molecule has 0 amide bonds. The van der Waals surface area contributed by atoms with Gasteiger partial charge in [0, 0.05) is 49.6 Å². The van der Waals surface area contributed by atoms with Gasteiger partial charge in [-0.15, -0.1) is 0 Å². The van der Waals surface area contributed by atoms with Crippen LogP contribution in [0.5, 0.6) is 0 Å². The van der Waals surface area contributed by atoms with E-state index in [4.69, 9.17) is 15.0 Å². The molecule has 0 bridgehead atoms. The van der Waals surface area contributed by atoms with E-state index in [0.29, 0.717) is 17.5 Å². The first-order chi connectivity index (χ1) is 28.8. The van der Waals surface area contributed by atoms with Crippen LogP contribution in [0.2, 0.25) is 0 Å². The first kappa shape index (κ1) is 32.4. The summed E-state index contributed by atoms with van der Waals surface area (Å²) in [5, 5.41) is 9.36. The maximum atomic E-state index is 5.37. The van der Waals surface area contributed by atoms with Gasteiger partial charge in [0.2, 0.25) is 0 Å². The Morgan fingerprint density at radius 1 is 0.293 bits per heavy atom. The Labute approximate surface area is 333 Å². The highest BCUT2D eigenvalue weighted by Gasteiger charge is 2.21. The smallest absolute Gasteiger partial charge is 0.164 e. The average molecular weight is 740 g/mol. The molecule has 0 aliphatic rings. The molecular formula is C53H33N5. The van der Waals surface area contributed by atoms with Crippen LogP contribution in [-0.4, -0.2) is 24.1 Å². The summed E-state index contributed by atoms with van der Waals surface area (Å²) in [6.45, 7) is 0. The van der Waals surface area contributed by atoms with Gasteiger partial charge in [-0.3, -0.25) is 0 Å². The molecule has 12 rings (SSSR count). The SMILES string of the molecule is c1ccc(-n2c3ccccc3c3c(-c4nc(-c5cccc(-n6c7ccccc7c7cc8ccccc8cc76)c5)nc(-c5cccc6ccccc56)n4)cccc32)cc1. The minimum absolute atomic E-state index is 0.616. The lowest BCUT2D eigenvalue weighted by Gasteiger charge is -2.13. The van der Waals surface area contributed by atoms with Crippen LogP contribution >= 0.6 is 0 Å². The van der Waals surface area contributed by atoms with Crippen molar-refractivity contribution in [2.24, 2.45) is 0 Å². The standard InChI is InChI=1S/C53H33N5/c1-2-20-38(21-3-1)57-47-29-11-9-25-43(47)50-44(27-14-30-48(50)57)53-55-51(54-52(56-53)42-26-13-18-34-15-6-7-23-40(34)42)37-19-12-22-39(31-37)58-46-28-10-8-24-41(46)45-32-35-16-4-5-17-36(35)33-49(45)58/h1-33H. The molecule has 12 aromatic rings. The van der Waals surface area contributed by atoms with Crippen molar-refractivity contribution in [3.05, 3.63) is 200 Å². The van der Waals surface area contributed by atoms with E-state index in [9.17, 15) is 0 Å². The number of aromatic nitrogens is 5. The highest BCUT2D eigenvalue weighted by molar-refractivity contribution is 6.16. The van der Waals surface area contributed by atoms with Crippen molar-refractivity contribution in [2.75, 3.05) is 0 Å². The fraction of sp³-hybridized carbons (Fsp3) is 0. The molecule has 58 heavy (non-hydrogen) atoms. The van der Waals surface area contributed by atoms with Crippen molar-refractivity contribution in [1.82, 2.24) is 24.1 Å². The van der Waals surface area contributed by atoms with E-state index in [2.05, 4.69) is 209 Å². The van der Waals surface area contributed by atoms with Crippen molar-refractivity contribution < 1.29 is 0 Å². The molecule has 9 aromatic carbocycles. The van der Waals surface area contributed by atoms with Crippen LogP contribution in [0.4, 0.5) is 0 Å². The van der Waals surface area contributed by atoms with Crippen molar-refractivity contribution in [3.63, 3.8) is 0 Å². The van der Waals surface area contributed by atoms with Crippen LogP contribution in [0, 0.1) is 0 Å². The van der Waals surface area contributed by atoms with Gasteiger partial charge in [-0.1, -0.05) is 146 Å². The van der Waals surface area contributed by atoms with Gasteiger partial charge in [-0.05, 0) is 76.1 Å². The molecule has 0 N–H and O–H groups in total. The highest BCUT2D eigenvalue weighted by Crippen LogP contribution is 2.40. The first-order valence-electron chi connectivity index (χ1n) is 19.6. The fourth-order valence-electron chi connectivity index (χ4n) is 8.94. The normalized spacial score (nSPS) is 11.8. The molecule has 5 nitrogen and oxygen atoms in total. The number of benzene rings is 9. The summed E-state index contributed by atoms with van der Waals surface area (Å²) < 4.78 is 4.70. The van der Waals surface area contributed by atoms with E-state index in [-0.39, 0.29) is 0 Å². The van der Waals surface area contributed by atoms with Crippen molar-refractivity contribution in [3.8, 4) is 45.5 Å². The summed E-state index contributed by atoms with van der Waals surface area (Å²) in [6.07, 6.45) is 0. The molecule has 3 heterocycles. The number of hydrogen-bond donors (Lipinski definition) is 0. The molecular weight excluding hydrogens is 707 g/mol. The zero-order valence-electron chi connectivity index (χ0n) is 31.3. The number of hydrogen-bond acceptors (Lipinski definition) is 3. The third-order valence-corrected chi connectivity index (χ3v) is 11.5. The predicted octanol–water partition coefficient (Wildman–Crippen LogP) is 13.4. The summed E-state index contributed by atoms with van der Waals surface area (Å²) in [6, 6.07) is 70.9. The van der Waals surface area contributed by atoms with Crippen LogP contribution in [0.1, 0.15) is 0 Å². The summed E-state index contributed by atoms with van der Waals surface area (Å²) in [4.78, 5) is 16.0. The Bertz CT molecular complexity index is 3570. The van der Waals surface area contributed by atoms with Crippen molar-refractivity contribution in [2.45, 2.75) is 0 Å². The Hall–Kier alpha value is -7.89. The van der Waals surface area contributed by atoms with Crippen LogP contribution in [0.25, 0.3) is 111 Å². The Balaban J connectivity index is 1.12. The van der Waals surface area contributed by atoms with Crippen molar-refractivity contribution in [1.29, 1.82) is 0 Å². The highest BCUT2D eigenvalue weighted by atomic mass is 15.0. The monoisotopic (exact) mass is 739 g/mol. The van der Waals surface area contributed by atoms with Crippen LogP contribution < -0.4 is 0 Å². The van der Waals surface area contributed by atoms with E-state index in [1.165, 1.54) is 21.5 Å². The lowest BCUT2D eigenvalue weighted by molar-refractivity contribution is 1.08. The van der Waals surface area contributed by atoms with Crippen LogP contribution in [0.3, 0.4) is 0 Å². The third-order valence-electron chi connectivity index (χ3n) is 11.5. The fourth-order valence-corrected chi connectivity index (χ4v) is 8.94. The maximum Gasteiger partial charge on any atom is 0.164 e. The van der Waals surface area contributed by atoms with Gasteiger partial charge in [-0.25, -0.2) is 15.0 Å². The largest absolute Gasteiger partial charge is 0.309 e. The van der Waals surface area contributed by atoms with Gasteiger partial charge in [0.15, 0.2) is 17.5 Å². The molecule has 0 atom stereocenters. The lowest BCUT2D eigenvalue weighted by Crippen LogP contribution is -2.02. The molecule has 0 unspecified atom stereocenters. The summed E-state index contributed by atoms with van der Waals surface area (Å²) in [5.74, 6) is 1.88. The van der Waals surface area contributed by atoms with Gasteiger partial charge in [0.25, 0.3) is 0 Å². The summed E-state index contributed by atoms with van der Waals surface area (Å²) >= 11 is 0. The minimum Gasteiger partial charge on any atom is -0.309 e. The van der Waals surface area contributed by atoms with Crippen LogP contribution in [0.15, 0.2) is 200 Å².